The van der Waals surface area contributed by atoms with Crippen LogP contribution in [0, 0.1) is 6.92 Å². The molecule has 112 valence electrons. The van der Waals surface area contributed by atoms with Gasteiger partial charge in [-0.2, -0.15) is 0 Å². The van der Waals surface area contributed by atoms with Crippen molar-refractivity contribution in [3.05, 3.63) is 34.6 Å². The lowest BCUT2D eigenvalue weighted by Crippen LogP contribution is -2.02. The number of aryl methyl sites for hydroxylation is 1. The summed E-state index contributed by atoms with van der Waals surface area (Å²) in [5.41, 5.74) is 2.73. The third-order valence-electron chi connectivity index (χ3n) is 3.31. The Labute approximate surface area is 130 Å². The average Bonchev–Trinajstić information content (AvgIpc) is 2.45. The summed E-state index contributed by atoms with van der Waals surface area (Å²) in [5.74, 6) is 2.18. The first-order valence-electron chi connectivity index (χ1n) is 6.74. The van der Waals surface area contributed by atoms with Crippen LogP contribution in [-0.4, -0.2) is 24.2 Å². The molecule has 5 heteroatoms. The lowest BCUT2D eigenvalue weighted by atomic mass is 10.0. The van der Waals surface area contributed by atoms with Crippen molar-refractivity contribution in [1.29, 1.82) is 0 Å². The number of hydrogen-bond acceptors (Lipinski definition) is 4. The predicted octanol–water partition coefficient (Wildman–Crippen LogP) is 4.25. The summed E-state index contributed by atoms with van der Waals surface area (Å²) in [7, 11) is 3.20. The van der Waals surface area contributed by atoms with Gasteiger partial charge in [-0.3, -0.25) is 0 Å². The first kappa shape index (κ1) is 15.6. The molecule has 0 saturated heterocycles. The number of nitrogens with zero attached hydrogens (tertiary/aromatic N) is 2. The summed E-state index contributed by atoms with van der Waals surface area (Å²) in [4.78, 5) is 8.98. The van der Waals surface area contributed by atoms with Crippen molar-refractivity contribution < 1.29 is 9.47 Å². The van der Waals surface area contributed by atoms with Gasteiger partial charge in [-0.15, -0.1) is 0 Å². The van der Waals surface area contributed by atoms with Crippen LogP contribution in [0.2, 0.25) is 5.15 Å². The van der Waals surface area contributed by atoms with Crippen LogP contribution in [0.25, 0.3) is 11.4 Å². The molecule has 0 fully saturated rings. The quantitative estimate of drug-likeness (QED) is 0.792. The van der Waals surface area contributed by atoms with Crippen molar-refractivity contribution in [1.82, 2.24) is 9.97 Å². The highest BCUT2D eigenvalue weighted by Crippen LogP contribution is 2.33. The Morgan fingerprint density at radius 2 is 1.71 bits per heavy atom. The number of aromatic nitrogens is 2. The normalized spacial score (nSPS) is 10.8. The predicted molar refractivity (Wildman–Crippen MR) is 84.4 cm³/mol. The van der Waals surface area contributed by atoms with Gasteiger partial charge in [0.25, 0.3) is 0 Å². The standard InChI is InChI=1S/C16H19ClN2O2/c1-9(2)14-10(3)18-16(19-15(14)17)11-6-7-12(20-4)13(8-11)21-5/h6-9H,1-5H3. The van der Waals surface area contributed by atoms with Gasteiger partial charge in [-0.25, -0.2) is 9.97 Å². The molecular formula is C16H19ClN2O2. The summed E-state index contributed by atoms with van der Waals surface area (Å²) in [5, 5.41) is 0.502. The second kappa shape index (κ2) is 6.31. The van der Waals surface area contributed by atoms with Gasteiger partial charge in [0.2, 0.25) is 0 Å². The van der Waals surface area contributed by atoms with Crippen LogP contribution in [-0.2, 0) is 0 Å². The van der Waals surface area contributed by atoms with Gasteiger partial charge in [0.15, 0.2) is 17.3 Å². The van der Waals surface area contributed by atoms with Crippen LogP contribution in [0.5, 0.6) is 11.5 Å². The van der Waals surface area contributed by atoms with Gasteiger partial charge in [0.05, 0.1) is 14.2 Å². The molecule has 0 unspecified atom stereocenters. The molecule has 0 bridgehead atoms. The number of methoxy groups -OCH3 is 2. The van der Waals surface area contributed by atoms with Crippen molar-refractivity contribution in [2.75, 3.05) is 14.2 Å². The maximum absolute atomic E-state index is 6.30. The van der Waals surface area contributed by atoms with E-state index in [4.69, 9.17) is 21.1 Å². The zero-order chi connectivity index (χ0) is 15.6. The summed E-state index contributed by atoms with van der Waals surface area (Å²) in [6.45, 7) is 6.11. The Hall–Kier alpha value is -1.81. The van der Waals surface area contributed by atoms with Crippen LogP contribution < -0.4 is 9.47 Å². The van der Waals surface area contributed by atoms with Crippen molar-refractivity contribution in [2.24, 2.45) is 0 Å². The summed E-state index contributed by atoms with van der Waals surface area (Å²) < 4.78 is 10.5. The van der Waals surface area contributed by atoms with E-state index in [1.807, 2.05) is 25.1 Å². The number of hydrogen-bond donors (Lipinski definition) is 0. The molecule has 0 N–H and O–H groups in total. The molecule has 1 aromatic heterocycles. The van der Waals surface area contributed by atoms with E-state index >= 15 is 0 Å². The van der Waals surface area contributed by atoms with Crippen LogP contribution >= 0.6 is 11.6 Å². The number of benzene rings is 1. The molecule has 0 saturated carbocycles. The minimum Gasteiger partial charge on any atom is -0.493 e. The summed E-state index contributed by atoms with van der Waals surface area (Å²) in [6.07, 6.45) is 0. The average molecular weight is 307 g/mol. The molecule has 0 atom stereocenters. The van der Waals surface area contributed by atoms with Gasteiger partial charge >= 0.3 is 0 Å². The molecule has 0 spiro atoms. The molecule has 1 heterocycles. The molecule has 2 rings (SSSR count). The fourth-order valence-corrected chi connectivity index (χ4v) is 2.74. The third-order valence-corrected chi connectivity index (χ3v) is 3.60. The van der Waals surface area contributed by atoms with E-state index in [-0.39, 0.29) is 5.92 Å². The van der Waals surface area contributed by atoms with Gasteiger partial charge in [0, 0.05) is 16.8 Å². The Bertz CT molecular complexity index is 634. The fraction of sp³-hybridized carbons (Fsp3) is 0.375. The van der Waals surface area contributed by atoms with E-state index in [1.54, 1.807) is 14.2 Å². The van der Waals surface area contributed by atoms with Gasteiger partial charge in [0.1, 0.15) is 5.15 Å². The van der Waals surface area contributed by atoms with E-state index < -0.39 is 0 Å². The second-order valence-electron chi connectivity index (χ2n) is 5.06. The summed E-state index contributed by atoms with van der Waals surface area (Å²) in [6, 6.07) is 5.57. The van der Waals surface area contributed by atoms with Gasteiger partial charge < -0.3 is 9.47 Å². The molecular weight excluding hydrogens is 288 g/mol. The maximum Gasteiger partial charge on any atom is 0.161 e. The van der Waals surface area contributed by atoms with E-state index in [9.17, 15) is 0 Å². The highest BCUT2D eigenvalue weighted by atomic mass is 35.5. The Kier molecular flexibility index (Phi) is 4.68. The SMILES string of the molecule is COc1ccc(-c2nc(C)c(C(C)C)c(Cl)n2)cc1OC. The lowest BCUT2D eigenvalue weighted by Gasteiger charge is -2.13. The second-order valence-corrected chi connectivity index (χ2v) is 5.42. The molecule has 1 aromatic carbocycles. The van der Waals surface area contributed by atoms with E-state index in [1.165, 1.54) is 0 Å². The van der Waals surface area contributed by atoms with Crippen molar-refractivity contribution in [3.8, 4) is 22.9 Å². The van der Waals surface area contributed by atoms with Crippen LogP contribution in [0.1, 0.15) is 31.0 Å². The Morgan fingerprint density at radius 1 is 1.05 bits per heavy atom. The van der Waals surface area contributed by atoms with Gasteiger partial charge in [-0.05, 0) is 31.0 Å². The number of halogens is 1. The third kappa shape index (κ3) is 3.10. The molecule has 0 aliphatic rings. The maximum atomic E-state index is 6.30. The lowest BCUT2D eigenvalue weighted by molar-refractivity contribution is 0.355. The highest BCUT2D eigenvalue weighted by Gasteiger charge is 2.15. The smallest absolute Gasteiger partial charge is 0.161 e. The van der Waals surface area contributed by atoms with Crippen molar-refractivity contribution in [3.63, 3.8) is 0 Å². The largest absolute Gasteiger partial charge is 0.493 e. The first-order valence-corrected chi connectivity index (χ1v) is 7.12. The molecule has 0 radical (unpaired) electrons. The van der Waals surface area contributed by atoms with Crippen LogP contribution in [0.4, 0.5) is 0 Å². The van der Waals surface area contributed by atoms with Gasteiger partial charge in [-0.1, -0.05) is 25.4 Å². The summed E-state index contributed by atoms with van der Waals surface area (Å²) >= 11 is 6.30. The van der Waals surface area contributed by atoms with Crippen molar-refractivity contribution >= 4 is 11.6 Å². The van der Waals surface area contributed by atoms with Crippen LogP contribution in [0.3, 0.4) is 0 Å². The fourth-order valence-electron chi connectivity index (χ4n) is 2.31. The molecule has 0 amide bonds. The zero-order valence-corrected chi connectivity index (χ0v) is 13.7. The monoisotopic (exact) mass is 306 g/mol. The number of rotatable bonds is 4. The highest BCUT2D eigenvalue weighted by molar-refractivity contribution is 6.30. The van der Waals surface area contributed by atoms with Crippen molar-refractivity contribution in [2.45, 2.75) is 26.7 Å². The molecule has 0 aliphatic carbocycles. The molecule has 4 nitrogen and oxygen atoms in total. The number of ether oxygens (including phenoxy) is 2. The minimum absolute atomic E-state index is 0.289. The molecule has 0 aliphatic heterocycles. The van der Waals surface area contributed by atoms with Crippen LogP contribution in [0.15, 0.2) is 18.2 Å². The van der Waals surface area contributed by atoms with E-state index in [0.29, 0.717) is 22.5 Å². The first-order chi connectivity index (χ1) is 9.97. The zero-order valence-electron chi connectivity index (χ0n) is 12.9. The Morgan fingerprint density at radius 3 is 2.24 bits per heavy atom. The topological polar surface area (TPSA) is 44.2 Å². The van der Waals surface area contributed by atoms with E-state index in [0.717, 1.165) is 16.8 Å². The molecule has 2 aromatic rings. The molecule has 21 heavy (non-hydrogen) atoms. The minimum atomic E-state index is 0.289. The van der Waals surface area contributed by atoms with E-state index in [2.05, 4.69) is 23.8 Å². The Balaban J connectivity index is 2.52.